The van der Waals surface area contributed by atoms with Crippen LogP contribution in [0.1, 0.15) is 19.3 Å². The van der Waals surface area contributed by atoms with E-state index in [0.29, 0.717) is 12.1 Å². The molecule has 0 aromatic heterocycles. The Hall–Kier alpha value is -0.420. The number of alkyl halides is 1. The fraction of sp³-hybridized carbons (Fsp3) is 0.818. The van der Waals surface area contributed by atoms with Crippen molar-refractivity contribution in [3.8, 4) is 0 Å². The van der Waals surface area contributed by atoms with E-state index in [2.05, 4.69) is 44.3 Å². The summed E-state index contributed by atoms with van der Waals surface area (Å²) in [5.41, 5.74) is 1.42. The van der Waals surface area contributed by atoms with E-state index in [1.807, 2.05) is 12.1 Å². The maximum atomic E-state index is 4.37. The molecule has 3 heterocycles. The van der Waals surface area contributed by atoms with Gasteiger partial charge in [0.1, 0.15) is 0 Å². The Morgan fingerprint density at radius 2 is 2.25 bits per heavy atom. The molecule has 0 N–H and O–H groups in total. The van der Waals surface area contributed by atoms with Gasteiger partial charge in [-0.2, -0.15) is 0 Å². The SMILES string of the molecule is CN1CC(Br)(C2=CC3CCC(C2)N3C)N=N1. The van der Waals surface area contributed by atoms with Crippen LogP contribution >= 0.6 is 15.9 Å². The van der Waals surface area contributed by atoms with E-state index in [9.17, 15) is 0 Å². The third kappa shape index (κ3) is 1.52. The minimum absolute atomic E-state index is 0.246. The molecular weight excluding hydrogens is 268 g/mol. The Morgan fingerprint density at radius 1 is 1.44 bits per heavy atom. The van der Waals surface area contributed by atoms with Crippen LogP contribution in [0.15, 0.2) is 22.0 Å². The smallest absolute Gasteiger partial charge is 0.178 e. The van der Waals surface area contributed by atoms with Crippen molar-refractivity contribution in [2.24, 2.45) is 10.3 Å². The van der Waals surface area contributed by atoms with Crippen molar-refractivity contribution in [2.45, 2.75) is 35.8 Å². The number of likely N-dealkylation sites (N-methyl/N-ethyl adjacent to an activating group) is 2. The van der Waals surface area contributed by atoms with Gasteiger partial charge < -0.3 is 0 Å². The van der Waals surface area contributed by atoms with E-state index in [4.69, 9.17) is 0 Å². The highest BCUT2D eigenvalue weighted by Gasteiger charge is 2.43. The summed E-state index contributed by atoms with van der Waals surface area (Å²) in [7, 11) is 4.20. The zero-order chi connectivity index (χ0) is 11.3. The van der Waals surface area contributed by atoms with Gasteiger partial charge >= 0.3 is 0 Å². The average Bonchev–Trinajstić information content (AvgIpc) is 2.66. The highest BCUT2D eigenvalue weighted by atomic mass is 79.9. The number of fused-ring (bicyclic) bond motifs is 2. The topological polar surface area (TPSA) is 31.2 Å². The van der Waals surface area contributed by atoms with E-state index in [1.54, 1.807) is 0 Å². The lowest BCUT2D eigenvalue weighted by molar-refractivity contribution is 0.248. The minimum Gasteiger partial charge on any atom is -0.297 e. The predicted molar refractivity (Wildman–Crippen MR) is 66.4 cm³/mol. The highest BCUT2D eigenvalue weighted by Crippen LogP contribution is 2.43. The van der Waals surface area contributed by atoms with Gasteiger partial charge in [-0.1, -0.05) is 27.2 Å². The highest BCUT2D eigenvalue weighted by molar-refractivity contribution is 9.10. The number of rotatable bonds is 1. The molecule has 3 aliphatic heterocycles. The van der Waals surface area contributed by atoms with Gasteiger partial charge in [0, 0.05) is 19.1 Å². The van der Waals surface area contributed by atoms with Crippen molar-refractivity contribution in [3.63, 3.8) is 0 Å². The second kappa shape index (κ2) is 3.53. The molecule has 88 valence electrons. The van der Waals surface area contributed by atoms with Gasteiger partial charge in [0.2, 0.25) is 0 Å². The fourth-order valence-corrected chi connectivity index (χ4v) is 3.73. The van der Waals surface area contributed by atoms with Crippen LogP contribution in [0.2, 0.25) is 0 Å². The van der Waals surface area contributed by atoms with Crippen LogP contribution < -0.4 is 0 Å². The van der Waals surface area contributed by atoms with Crippen molar-refractivity contribution in [3.05, 3.63) is 11.6 Å². The Bertz CT molecular complexity index is 367. The molecule has 5 heteroatoms. The Kier molecular flexibility index (Phi) is 2.37. The molecular formula is C11H17BrN4. The van der Waals surface area contributed by atoms with E-state index in [0.717, 1.165) is 13.0 Å². The lowest BCUT2D eigenvalue weighted by atomic mass is 9.95. The minimum atomic E-state index is -0.246. The molecule has 1 fully saturated rings. The van der Waals surface area contributed by atoms with Gasteiger partial charge in [-0.15, -0.1) is 5.11 Å². The van der Waals surface area contributed by atoms with E-state index in [1.165, 1.54) is 18.4 Å². The molecule has 3 unspecified atom stereocenters. The second-order valence-corrected chi connectivity index (χ2v) is 6.44. The van der Waals surface area contributed by atoms with Crippen molar-refractivity contribution in [2.75, 3.05) is 20.6 Å². The summed E-state index contributed by atoms with van der Waals surface area (Å²) in [6, 6.07) is 1.32. The molecule has 3 atom stereocenters. The zero-order valence-corrected chi connectivity index (χ0v) is 11.3. The third-order valence-electron chi connectivity index (χ3n) is 4.03. The normalized spacial score (nSPS) is 42.9. The third-order valence-corrected chi connectivity index (χ3v) is 4.95. The maximum absolute atomic E-state index is 4.37. The van der Waals surface area contributed by atoms with Gasteiger partial charge in [-0.25, -0.2) is 0 Å². The van der Waals surface area contributed by atoms with Gasteiger partial charge in [-0.05, 0) is 31.9 Å². The molecule has 3 aliphatic rings. The first-order chi connectivity index (χ1) is 7.58. The molecule has 0 aromatic rings. The second-order valence-electron chi connectivity index (χ2n) is 5.12. The lowest BCUT2D eigenvalue weighted by Gasteiger charge is -2.34. The van der Waals surface area contributed by atoms with Gasteiger partial charge in [0.15, 0.2) is 4.45 Å². The van der Waals surface area contributed by atoms with Crippen LogP contribution in [0, 0.1) is 0 Å². The Morgan fingerprint density at radius 3 is 2.88 bits per heavy atom. The summed E-state index contributed by atoms with van der Waals surface area (Å²) in [6.45, 7) is 0.849. The molecule has 16 heavy (non-hydrogen) atoms. The van der Waals surface area contributed by atoms with Crippen molar-refractivity contribution >= 4 is 15.9 Å². The summed E-state index contributed by atoms with van der Waals surface area (Å²) < 4.78 is -0.246. The molecule has 2 bridgehead atoms. The number of hydrogen-bond acceptors (Lipinski definition) is 4. The van der Waals surface area contributed by atoms with Crippen LogP contribution in [0.25, 0.3) is 0 Å². The van der Waals surface area contributed by atoms with Crippen LogP contribution in [0.3, 0.4) is 0 Å². The van der Waals surface area contributed by atoms with Crippen molar-refractivity contribution in [1.82, 2.24) is 9.91 Å². The molecule has 0 aromatic carbocycles. The molecule has 0 spiro atoms. The fourth-order valence-electron chi connectivity index (χ4n) is 3.01. The molecule has 1 saturated heterocycles. The Balaban J connectivity index is 1.87. The van der Waals surface area contributed by atoms with Gasteiger partial charge in [0.05, 0.1) is 6.54 Å². The van der Waals surface area contributed by atoms with Gasteiger partial charge in [0.25, 0.3) is 0 Å². The molecule has 0 radical (unpaired) electrons. The molecule has 0 aliphatic carbocycles. The van der Waals surface area contributed by atoms with Gasteiger partial charge in [-0.3, -0.25) is 9.91 Å². The average molecular weight is 285 g/mol. The van der Waals surface area contributed by atoms with E-state index in [-0.39, 0.29) is 4.45 Å². The standard InChI is InChI=1S/C11H17BrN4/c1-15-7-11(12,13-14-15)8-5-9-3-4-10(6-8)16(9)2/h5,9-10H,3-4,6-7H2,1-2H3. The zero-order valence-electron chi connectivity index (χ0n) is 9.73. The summed E-state index contributed by atoms with van der Waals surface area (Å²) in [5.74, 6) is 0. The number of nitrogens with zero attached hydrogens (tertiary/aromatic N) is 4. The first-order valence-electron chi connectivity index (χ1n) is 5.84. The summed E-state index contributed by atoms with van der Waals surface area (Å²) >= 11 is 3.76. The first-order valence-corrected chi connectivity index (χ1v) is 6.64. The monoisotopic (exact) mass is 284 g/mol. The summed E-state index contributed by atoms with van der Waals surface area (Å²) in [5, 5.41) is 10.4. The van der Waals surface area contributed by atoms with E-state index >= 15 is 0 Å². The summed E-state index contributed by atoms with van der Waals surface area (Å²) in [4.78, 5) is 2.50. The molecule has 3 rings (SSSR count). The quantitative estimate of drug-likeness (QED) is 0.420. The predicted octanol–water partition coefficient (Wildman–Crippen LogP) is 2.18. The Labute approximate surface area is 104 Å². The van der Waals surface area contributed by atoms with Crippen LogP contribution in [0.4, 0.5) is 0 Å². The van der Waals surface area contributed by atoms with E-state index < -0.39 is 0 Å². The summed E-state index contributed by atoms with van der Waals surface area (Å²) in [6.07, 6.45) is 6.14. The van der Waals surface area contributed by atoms with Crippen molar-refractivity contribution in [1.29, 1.82) is 0 Å². The van der Waals surface area contributed by atoms with Crippen LogP contribution in [-0.4, -0.2) is 47.1 Å². The van der Waals surface area contributed by atoms with Crippen LogP contribution in [0.5, 0.6) is 0 Å². The first kappa shape index (κ1) is 10.7. The molecule has 4 nitrogen and oxygen atoms in total. The van der Waals surface area contributed by atoms with Crippen LogP contribution in [-0.2, 0) is 0 Å². The molecule has 0 amide bonds. The molecule has 0 saturated carbocycles. The number of halogens is 1. The van der Waals surface area contributed by atoms with Crippen molar-refractivity contribution < 1.29 is 0 Å². The number of hydrogen-bond donors (Lipinski definition) is 0. The maximum Gasteiger partial charge on any atom is 0.178 e. The largest absolute Gasteiger partial charge is 0.297 e. The lowest BCUT2D eigenvalue weighted by Crippen LogP contribution is -2.40.